The second kappa shape index (κ2) is 11.1. The number of halogens is 1. The summed E-state index contributed by atoms with van der Waals surface area (Å²) in [5, 5.41) is 6.28. The Labute approximate surface area is 253 Å². The van der Waals surface area contributed by atoms with Crippen molar-refractivity contribution in [3.63, 3.8) is 0 Å². The van der Waals surface area contributed by atoms with E-state index in [0.29, 0.717) is 65.3 Å². The third-order valence-electron chi connectivity index (χ3n) is 8.25. The molecule has 2 N–H and O–H groups in total. The molecule has 0 radical (unpaired) electrons. The number of hydrogen-bond donors (Lipinski definition) is 2. The van der Waals surface area contributed by atoms with E-state index in [2.05, 4.69) is 15.5 Å². The normalized spacial score (nSPS) is 18.4. The van der Waals surface area contributed by atoms with Gasteiger partial charge in [0.25, 0.3) is 17.4 Å². The number of anilines is 3. The average Bonchev–Trinajstić information content (AvgIpc) is 3.01. The fourth-order valence-electron chi connectivity index (χ4n) is 6.31. The highest BCUT2D eigenvalue weighted by molar-refractivity contribution is 6.34. The van der Waals surface area contributed by atoms with Gasteiger partial charge in [-0.15, -0.1) is 0 Å². The maximum atomic E-state index is 13.4. The van der Waals surface area contributed by atoms with Crippen LogP contribution in [0.4, 0.5) is 17.1 Å². The van der Waals surface area contributed by atoms with Crippen LogP contribution in [-0.4, -0.2) is 42.7 Å². The first-order valence-electron chi connectivity index (χ1n) is 14.3. The molecule has 0 aliphatic carbocycles. The van der Waals surface area contributed by atoms with Crippen LogP contribution in [0.25, 0.3) is 0 Å². The number of pyridine rings is 1. The maximum Gasteiger partial charge on any atom is 0.257 e. The van der Waals surface area contributed by atoms with E-state index in [9.17, 15) is 14.4 Å². The molecule has 3 aromatic carbocycles. The SMILES string of the molecule is O=C(Nc1ccc2c(c1)OCCO2)c1ccc(N2C[C@H]3C[C@@H](C2)c2cccc(=O)n2C3)c(NC(=O)c2ccccc2Cl)c1. The van der Waals surface area contributed by atoms with Gasteiger partial charge in [0, 0.05) is 54.6 Å². The summed E-state index contributed by atoms with van der Waals surface area (Å²) in [5.74, 6) is 0.956. The molecule has 2 bridgehead atoms. The van der Waals surface area contributed by atoms with Gasteiger partial charge in [-0.25, -0.2) is 0 Å². The second-order valence-corrected chi connectivity index (χ2v) is 11.5. The molecule has 1 aromatic heterocycles. The van der Waals surface area contributed by atoms with Gasteiger partial charge in [-0.05, 0) is 60.9 Å². The monoisotopic (exact) mass is 596 g/mol. The van der Waals surface area contributed by atoms with Crippen LogP contribution >= 0.6 is 11.6 Å². The van der Waals surface area contributed by atoms with Crippen molar-refractivity contribution in [1.29, 1.82) is 0 Å². The summed E-state index contributed by atoms with van der Waals surface area (Å²) in [6.07, 6.45) is 0.997. The molecule has 0 spiro atoms. The molecule has 9 nitrogen and oxygen atoms in total. The molecule has 4 aromatic rings. The van der Waals surface area contributed by atoms with Gasteiger partial charge >= 0.3 is 0 Å². The molecule has 1 fully saturated rings. The zero-order valence-corrected chi connectivity index (χ0v) is 24.0. The minimum atomic E-state index is -0.370. The molecule has 218 valence electrons. The molecule has 7 rings (SSSR count). The van der Waals surface area contributed by atoms with Gasteiger partial charge < -0.3 is 29.6 Å². The standard InChI is InChI=1S/C33H29ClN4O5/c34-25-5-2-1-4-24(25)33(41)36-26-15-21(32(40)35-23-9-11-29-30(16-23)43-13-12-42-29)8-10-28(26)37-17-20-14-22(19-37)27-6-3-7-31(39)38(27)18-20/h1-11,15-16,20,22H,12-14,17-19H2,(H,35,40)(H,36,41)/t20-,22+/m1/s1. The first kappa shape index (κ1) is 27.1. The smallest absolute Gasteiger partial charge is 0.257 e. The number of amides is 2. The Bertz CT molecular complexity index is 1800. The summed E-state index contributed by atoms with van der Waals surface area (Å²) >= 11 is 6.34. The highest BCUT2D eigenvalue weighted by atomic mass is 35.5. The van der Waals surface area contributed by atoms with E-state index in [0.717, 1.165) is 24.3 Å². The lowest BCUT2D eigenvalue weighted by Crippen LogP contribution is -2.47. The molecule has 1 saturated heterocycles. The fraction of sp³-hybridized carbons (Fsp3) is 0.242. The molecular formula is C33H29ClN4O5. The molecule has 0 saturated carbocycles. The van der Waals surface area contributed by atoms with E-state index < -0.39 is 0 Å². The molecule has 2 amide bonds. The Morgan fingerprint density at radius 3 is 2.51 bits per heavy atom. The summed E-state index contributed by atoms with van der Waals surface area (Å²) in [5.41, 5.74) is 3.65. The number of nitrogens with zero attached hydrogens (tertiary/aromatic N) is 2. The number of benzene rings is 3. The number of hydrogen-bond acceptors (Lipinski definition) is 6. The predicted molar refractivity (Wildman–Crippen MR) is 165 cm³/mol. The van der Waals surface area contributed by atoms with Crippen LogP contribution in [0.5, 0.6) is 11.5 Å². The minimum absolute atomic E-state index is 0.0294. The highest BCUT2D eigenvalue weighted by Gasteiger charge is 2.35. The lowest BCUT2D eigenvalue weighted by atomic mass is 9.83. The summed E-state index contributed by atoms with van der Waals surface area (Å²) in [7, 11) is 0. The molecule has 43 heavy (non-hydrogen) atoms. The Balaban J connectivity index is 1.20. The first-order valence-corrected chi connectivity index (χ1v) is 14.7. The lowest BCUT2D eigenvalue weighted by Gasteiger charge is -2.44. The van der Waals surface area contributed by atoms with Crippen LogP contribution < -0.4 is 30.6 Å². The molecule has 10 heteroatoms. The van der Waals surface area contributed by atoms with Crippen LogP contribution in [0.15, 0.2) is 83.7 Å². The van der Waals surface area contributed by atoms with E-state index in [4.69, 9.17) is 21.1 Å². The number of ether oxygens (including phenoxy) is 2. The number of fused-ring (bicyclic) bond motifs is 5. The Morgan fingerprint density at radius 1 is 0.814 bits per heavy atom. The minimum Gasteiger partial charge on any atom is -0.486 e. The number of piperidine rings is 1. The summed E-state index contributed by atoms with van der Waals surface area (Å²) in [6, 6.07) is 22.9. The lowest BCUT2D eigenvalue weighted by molar-refractivity contribution is 0.101. The van der Waals surface area contributed by atoms with Crippen molar-refractivity contribution in [2.24, 2.45) is 5.92 Å². The number of carbonyl (C=O) groups is 2. The molecule has 0 unspecified atom stereocenters. The number of carbonyl (C=O) groups excluding carboxylic acids is 2. The highest BCUT2D eigenvalue weighted by Crippen LogP contribution is 2.40. The average molecular weight is 597 g/mol. The van der Waals surface area contributed by atoms with Crippen molar-refractivity contribution in [2.75, 3.05) is 41.8 Å². The van der Waals surface area contributed by atoms with Crippen LogP contribution in [-0.2, 0) is 6.54 Å². The molecule has 3 aliphatic rings. The quantitative estimate of drug-likeness (QED) is 0.320. The van der Waals surface area contributed by atoms with Gasteiger partial charge in [-0.3, -0.25) is 14.4 Å². The van der Waals surface area contributed by atoms with Crippen molar-refractivity contribution in [1.82, 2.24) is 4.57 Å². The van der Waals surface area contributed by atoms with Gasteiger partial charge in [0.15, 0.2) is 11.5 Å². The van der Waals surface area contributed by atoms with Gasteiger partial charge in [-0.2, -0.15) is 0 Å². The predicted octanol–water partition coefficient (Wildman–Crippen LogP) is 5.40. The third kappa shape index (κ3) is 5.32. The first-order chi connectivity index (χ1) is 20.9. The topological polar surface area (TPSA) is 102 Å². The summed E-state index contributed by atoms with van der Waals surface area (Å²) in [4.78, 5) is 41.6. The Morgan fingerprint density at radius 2 is 1.65 bits per heavy atom. The number of nitrogens with one attached hydrogen (secondary N) is 2. The number of rotatable bonds is 5. The Kier molecular flexibility index (Phi) is 7.02. The van der Waals surface area contributed by atoms with Gasteiger partial charge in [0.05, 0.1) is 22.0 Å². The summed E-state index contributed by atoms with van der Waals surface area (Å²) < 4.78 is 13.1. The van der Waals surface area contributed by atoms with Crippen LogP contribution in [0.3, 0.4) is 0 Å². The van der Waals surface area contributed by atoms with Crippen LogP contribution in [0.1, 0.15) is 38.7 Å². The largest absolute Gasteiger partial charge is 0.486 e. The summed E-state index contributed by atoms with van der Waals surface area (Å²) in [6.45, 7) is 2.98. The Hall–Kier alpha value is -4.76. The van der Waals surface area contributed by atoms with Crippen molar-refractivity contribution >= 4 is 40.5 Å². The van der Waals surface area contributed by atoms with E-state index >= 15 is 0 Å². The maximum absolute atomic E-state index is 13.4. The van der Waals surface area contributed by atoms with Crippen molar-refractivity contribution < 1.29 is 19.1 Å². The number of aromatic nitrogens is 1. The van der Waals surface area contributed by atoms with Crippen molar-refractivity contribution in [3.05, 3.63) is 111 Å². The van der Waals surface area contributed by atoms with Gasteiger partial charge in [0.2, 0.25) is 0 Å². The van der Waals surface area contributed by atoms with Crippen molar-refractivity contribution in [2.45, 2.75) is 18.9 Å². The van der Waals surface area contributed by atoms with E-state index in [-0.39, 0.29) is 29.2 Å². The molecule has 4 heterocycles. The molecule has 3 aliphatic heterocycles. The van der Waals surface area contributed by atoms with Gasteiger partial charge in [-0.1, -0.05) is 29.8 Å². The van der Waals surface area contributed by atoms with E-state index in [1.54, 1.807) is 60.7 Å². The van der Waals surface area contributed by atoms with E-state index in [1.807, 2.05) is 22.8 Å². The third-order valence-corrected chi connectivity index (χ3v) is 8.58. The second-order valence-electron chi connectivity index (χ2n) is 11.1. The fourth-order valence-corrected chi connectivity index (χ4v) is 6.53. The molecule has 2 atom stereocenters. The zero-order valence-electron chi connectivity index (χ0n) is 23.2. The zero-order chi connectivity index (χ0) is 29.5. The van der Waals surface area contributed by atoms with E-state index in [1.165, 1.54) is 0 Å². The van der Waals surface area contributed by atoms with Crippen LogP contribution in [0, 0.1) is 5.92 Å². The van der Waals surface area contributed by atoms with Crippen molar-refractivity contribution in [3.8, 4) is 11.5 Å². The molecular weight excluding hydrogens is 568 g/mol. The van der Waals surface area contributed by atoms with Gasteiger partial charge in [0.1, 0.15) is 13.2 Å². The van der Waals surface area contributed by atoms with Crippen LogP contribution in [0.2, 0.25) is 5.02 Å².